The molecule has 0 atom stereocenters. The van der Waals surface area contributed by atoms with Crippen LogP contribution in [0.15, 0.2) is 41.1 Å². The standard InChI is InChI=1S/C16H14N4O5/c1-2-24-16(21)12-7-10(8-18-12)14-13(15(17)19-25-14)9-4-3-5-11(6-9)20(22)23/h3-8,18H,2H2,1H3,(H2,17,19). The maximum absolute atomic E-state index is 11.8. The van der Waals surface area contributed by atoms with Gasteiger partial charge in [0.1, 0.15) is 5.69 Å². The SMILES string of the molecule is CCOC(=O)c1cc(-c2onc(N)c2-c2cccc([N+](=O)[O-])c2)c[nH]1. The highest BCUT2D eigenvalue weighted by Gasteiger charge is 2.21. The first-order valence-corrected chi connectivity index (χ1v) is 7.37. The Morgan fingerprint density at radius 3 is 2.92 bits per heavy atom. The van der Waals surface area contributed by atoms with Crippen LogP contribution in [0.25, 0.3) is 22.5 Å². The molecule has 0 fully saturated rings. The second-order valence-corrected chi connectivity index (χ2v) is 5.10. The lowest BCUT2D eigenvalue weighted by molar-refractivity contribution is -0.384. The molecule has 0 unspecified atom stereocenters. The van der Waals surface area contributed by atoms with E-state index in [0.29, 0.717) is 22.5 Å². The summed E-state index contributed by atoms with van der Waals surface area (Å²) in [6.07, 6.45) is 1.55. The van der Waals surface area contributed by atoms with Gasteiger partial charge in [0, 0.05) is 23.9 Å². The van der Waals surface area contributed by atoms with Crippen LogP contribution in [0.2, 0.25) is 0 Å². The van der Waals surface area contributed by atoms with Gasteiger partial charge >= 0.3 is 5.97 Å². The summed E-state index contributed by atoms with van der Waals surface area (Å²) in [4.78, 5) is 25.0. The van der Waals surface area contributed by atoms with E-state index in [4.69, 9.17) is 15.0 Å². The summed E-state index contributed by atoms with van der Waals surface area (Å²) in [5.41, 5.74) is 7.47. The first-order chi connectivity index (χ1) is 12.0. The van der Waals surface area contributed by atoms with Crippen LogP contribution in [0.5, 0.6) is 0 Å². The smallest absolute Gasteiger partial charge is 0.354 e. The molecule has 9 nitrogen and oxygen atoms in total. The topological polar surface area (TPSA) is 137 Å². The van der Waals surface area contributed by atoms with E-state index in [1.165, 1.54) is 12.1 Å². The van der Waals surface area contributed by atoms with Crippen molar-refractivity contribution in [1.82, 2.24) is 10.1 Å². The molecular weight excluding hydrogens is 328 g/mol. The van der Waals surface area contributed by atoms with Gasteiger partial charge in [-0.2, -0.15) is 0 Å². The number of carbonyl (C=O) groups is 1. The van der Waals surface area contributed by atoms with Crippen LogP contribution in [0.1, 0.15) is 17.4 Å². The molecule has 128 valence electrons. The van der Waals surface area contributed by atoms with Crippen LogP contribution >= 0.6 is 0 Å². The zero-order valence-electron chi connectivity index (χ0n) is 13.2. The van der Waals surface area contributed by atoms with Crippen molar-refractivity contribution in [3.8, 4) is 22.5 Å². The number of aromatic nitrogens is 2. The van der Waals surface area contributed by atoms with Gasteiger partial charge in [-0.05, 0) is 18.6 Å². The van der Waals surface area contributed by atoms with Crippen molar-refractivity contribution in [3.63, 3.8) is 0 Å². The second-order valence-electron chi connectivity index (χ2n) is 5.10. The number of hydrogen-bond acceptors (Lipinski definition) is 7. The van der Waals surface area contributed by atoms with Gasteiger partial charge in [0.15, 0.2) is 11.6 Å². The third-order valence-corrected chi connectivity index (χ3v) is 3.50. The lowest BCUT2D eigenvalue weighted by Gasteiger charge is -2.01. The number of nitro groups is 1. The number of nitro benzene ring substituents is 1. The predicted molar refractivity (Wildman–Crippen MR) is 88.7 cm³/mol. The Hall–Kier alpha value is -3.62. The molecule has 3 N–H and O–H groups in total. The highest BCUT2D eigenvalue weighted by Crippen LogP contribution is 2.37. The third-order valence-electron chi connectivity index (χ3n) is 3.50. The normalized spacial score (nSPS) is 10.6. The minimum absolute atomic E-state index is 0.0784. The van der Waals surface area contributed by atoms with Crippen molar-refractivity contribution in [2.75, 3.05) is 12.3 Å². The zero-order valence-corrected chi connectivity index (χ0v) is 13.2. The van der Waals surface area contributed by atoms with Gasteiger partial charge in [0.2, 0.25) is 0 Å². The Morgan fingerprint density at radius 2 is 2.20 bits per heavy atom. The second kappa shape index (κ2) is 6.48. The summed E-state index contributed by atoms with van der Waals surface area (Å²) >= 11 is 0. The number of nitrogen functional groups attached to an aromatic ring is 1. The largest absolute Gasteiger partial charge is 0.461 e. The van der Waals surface area contributed by atoms with Gasteiger partial charge in [-0.25, -0.2) is 4.79 Å². The van der Waals surface area contributed by atoms with Crippen LogP contribution in [0, 0.1) is 10.1 Å². The van der Waals surface area contributed by atoms with Gasteiger partial charge in [-0.15, -0.1) is 0 Å². The fraction of sp³-hybridized carbons (Fsp3) is 0.125. The van der Waals surface area contributed by atoms with Gasteiger partial charge in [0.05, 0.1) is 17.1 Å². The molecule has 2 aromatic heterocycles. The summed E-state index contributed by atoms with van der Waals surface area (Å²) in [5, 5.41) is 14.7. The number of nitrogens with zero attached hydrogens (tertiary/aromatic N) is 2. The number of aromatic amines is 1. The Labute approximate surface area is 141 Å². The number of benzene rings is 1. The average Bonchev–Trinajstić information content (AvgIpc) is 3.21. The maximum atomic E-state index is 11.8. The average molecular weight is 342 g/mol. The van der Waals surface area contributed by atoms with Crippen LogP contribution in [-0.2, 0) is 4.74 Å². The summed E-state index contributed by atoms with van der Waals surface area (Å²) in [6.45, 7) is 1.96. The molecule has 0 amide bonds. The number of non-ortho nitro benzene ring substituents is 1. The molecule has 0 aliphatic carbocycles. The van der Waals surface area contributed by atoms with Gasteiger partial charge in [-0.3, -0.25) is 10.1 Å². The molecular formula is C16H14N4O5. The number of H-pyrrole nitrogens is 1. The van der Waals surface area contributed by atoms with Crippen LogP contribution < -0.4 is 5.73 Å². The van der Waals surface area contributed by atoms with Crippen molar-refractivity contribution in [1.29, 1.82) is 0 Å². The zero-order chi connectivity index (χ0) is 18.0. The Bertz CT molecular complexity index is 944. The lowest BCUT2D eigenvalue weighted by Crippen LogP contribution is -2.04. The van der Waals surface area contributed by atoms with Crippen molar-refractivity contribution < 1.29 is 19.0 Å². The molecule has 25 heavy (non-hydrogen) atoms. The lowest BCUT2D eigenvalue weighted by atomic mass is 10.0. The highest BCUT2D eigenvalue weighted by molar-refractivity contribution is 5.92. The van der Waals surface area contributed by atoms with E-state index < -0.39 is 10.9 Å². The van der Waals surface area contributed by atoms with E-state index in [1.807, 2.05) is 0 Å². The molecule has 0 saturated heterocycles. The number of hydrogen-bond donors (Lipinski definition) is 2. The van der Waals surface area contributed by atoms with Crippen molar-refractivity contribution >= 4 is 17.5 Å². The predicted octanol–water partition coefficient (Wildman–Crippen LogP) is 3.00. The molecule has 0 radical (unpaired) electrons. The number of nitrogens with one attached hydrogen (secondary N) is 1. The number of esters is 1. The molecule has 0 saturated carbocycles. The van der Waals surface area contributed by atoms with E-state index in [-0.39, 0.29) is 23.8 Å². The Kier molecular flexibility index (Phi) is 4.21. The molecule has 0 spiro atoms. The van der Waals surface area contributed by atoms with Gasteiger partial charge in [-0.1, -0.05) is 17.3 Å². The number of ether oxygens (including phenoxy) is 1. The first kappa shape index (κ1) is 16.2. The van der Waals surface area contributed by atoms with Crippen molar-refractivity contribution in [2.24, 2.45) is 0 Å². The van der Waals surface area contributed by atoms with Gasteiger partial charge < -0.3 is 20.0 Å². The summed E-state index contributed by atoms with van der Waals surface area (Å²) in [6, 6.07) is 7.51. The van der Waals surface area contributed by atoms with E-state index >= 15 is 0 Å². The minimum Gasteiger partial charge on any atom is -0.461 e. The van der Waals surface area contributed by atoms with Crippen LogP contribution in [0.4, 0.5) is 11.5 Å². The van der Waals surface area contributed by atoms with E-state index in [9.17, 15) is 14.9 Å². The molecule has 0 aliphatic rings. The fourth-order valence-electron chi connectivity index (χ4n) is 2.41. The minimum atomic E-state index is -0.502. The third kappa shape index (κ3) is 3.07. The van der Waals surface area contributed by atoms with E-state index in [2.05, 4.69) is 10.1 Å². The quantitative estimate of drug-likeness (QED) is 0.413. The Morgan fingerprint density at radius 1 is 1.40 bits per heavy atom. The number of nitrogens with two attached hydrogens (primary N) is 1. The van der Waals surface area contributed by atoms with Crippen LogP contribution in [-0.4, -0.2) is 27.6 Å². The highest BCUT2D eigenvalue weighted by atomic mass is 16.6. The molecule has 2 heterocycles. The molecule has 0 bridgehead atoms. The summed E-state index contributed by atoms with van der Waals surface area (Å²) < 4.78 is 10.2. The fourth-order valence-corrected chi connectivity index (χ4v) is 2.41. The monoisotopic (exact) mass is 342 g/mol. The van der Waals surface area contributed by atoms with Crippen LogP contribution in [0.3, 0.4) is 0 Å². The molecule has 3 rings (SSSR count). The Balaban J connectivity index is 2.05. The first-order valence-electron chi connectivity index (χ1n) is 7.37. The van der Waals surface area contributed by atoms with Crippen molar-refractivity contribution in [3.05, 3.63) is 52.3 Å². The number of carbonyl (C=O) groups excluding carboxylic acids is 1. The van der Waals surface area contributed by atoms with Crippen molar-refractivity contribution in [2.45, 2.75) is 6.92 Å². The summed E-state index contributed by atoms with van der Waals surface area (Å²) in [7, 11) is 0. The molecule has 3 aromatic rings. The summed E-state index contributed by atoms with van der Waals surface area (Å²) in [5.74, 6) is -0.114. The maximum Gasteiger partial charge on any atom is 0.354 e. The van der Waals surface area contributed by atoms with E-state index in [0.717, 1.165) is 0 Å². The number of anilines is 1. The molecule has 1 aromatic carbocycles. The van der Waals surface area contributed by atoms with E-state index in [1.54, 1.807) is 31.3 Å². The number of rotatable bonds is 5. The molecule has 0 aliphatic heterocycles. The molecule has 9 heteroatoms. The van der Waals surface area contributed by atoms with Gasteiger partial charge in [0.25, 0.3) is 5.69 Å².